The molecule has 3 fully saturated rings. The summed E-state index contributed by atoms with van der Waals surface area (Å²) in [5.74, 6) is 1.17. The van der Waals surface area contributed by atoms with Crippen molar-refractivity contribution in [1.29, 1.82) is 0 Å². The number of amides is 1. The summed E-state index contributed by atoms with van der Waals surface area (Å²) >= 11 is 0. The minimum Gasteiger partial charge on any atom is -0.457 e. The average Bonchev–Trinajstić information content (AvgIpc) is 3.89. The van der Waals surface area contributed by atoms with Crippen LogP contribution in [-0.2, 0) is 19.0 Å². The maximum absolute atomic E-state index is 13.7. The molecule has 8 atom stereocenters. The molecule has 7 nitrogen and oxygen atoms in total. The second-order valence-electron chi connectivity index (χ2n) is 18.3. The lowest BCUT2D eigenvalue weighted by Gasteiger charge is -2.40. The minimum absolute atomic E-state index is 0.0138. The molecule has 0 N–H and O–H groups in total. The molecule has 290 valence electrons. The zero-order valence-corrected chi connectivity index (χ0v) is 34.1. The van der Waals surface area contributed by atoms with E-state index in [2.05, 4.69) is 105 Å². The second-order valence-corrected chi connectivity index (χ2v) is 18.3. The highest BCUT2D eigenvalue weighted by Gasteiger charge is 2.46. The molecule has 4 aliphatic rings. The first-order valence-electron chi connectivity index (χ1n) is 20.7. The molecular formula is C44H74N2O5. The SMILES string of the molecule is CCC(C)C(C)C1OC1CC(C)(C)/C=C/C=C(\C)C1OC(=O)CC(C)CCC(C)(C)C(OC(=O)N2CCN(C3CCCCCC3)CC2)/C=C/C1C. The van der Waals surface area contributed by atoms with Crippen LogP contribution >= 0.6 is 0 Å². The van der Waals surface area contributed by atoms with Crippen LogP contribution in [0, 0.1) is 34.5 Å². The Balaban J connectivity index is 1.42. The molecule has 2 saturated heterocycles. The summed E-state index contributed by atoms with van der Waals surface area (Å²) in [6.45, 7) is 25.4. The molecule has 0 bridgehead atoms. The Kier molecular flexibility index (Phi) is 15.3. The van der Waals surface area contributed by atoms with Gasteiger partial charge in [0.2, 0.25) is 0 Å². The second kappa shape index (κ2) is 18.8. The number of hydrogen-bond donors (Lipinski definition) is 0. The summed E-state index contributed by atoms with van der Waals surface area (Å²) in [5.41, 5.74) is 0.708. The zero-order chi connectivity index (χ0) is 37.3. The van der Waals surface area contributed by atoms with Crippen molar-refractivity contribution < 1.29 is 23.8 Å². The molecule has 1 saturated carbocycles. The molecule has 0 aromatic heterocycles. The van der Waals surface area contributed by atoms with Crippen molar-refractivity contribution in [3.63, 3.8) is 0 Å². The lowest BCUT2D eigenvalue weighted by molar-refractivity contribution is -0.149. The van der Waals surface area contributed by atoms with E-state index in [1.165, 1.54) is 44.9 Å². The van der Waals surface area contributed by atoms with Gasteiger partial charge in [0, 0.05) is 50.0 Å². The standard InChI is InChI=1S/C44H74N2O5/c1-11-32(3)35(6)41-37(49-41)30-43(7,8)23-16-17-33(4)40-34(5)20-21-38(44(9,10)24-22-31(2)29-39(47)51-40)50-42(48)46-27-25-45(26-28-46)36-18-14-12-13-15-19-36/h16-17,20-21,23,31-32,34-38,40-41H,11-15,18-19,22,24-30H2,1-10H3/b21-20+,23-16+,33-17+. The fourth-order valence-corrected chi connectivity index (χ4v) is 8.48. The number of piperazine rings is 1. The number of nitrogens with zero attached hydrogens (tertiary/aromatic N) is 2. The molecule has 4 rings (SSSR count). The van der Waals surface area contributed by atoms with Gasteiger partial charge in [0.25, 0.3) is 0 Å². The molecule has 0 spiro atoms. The van der Waals surface area contributed by atoms with Gasteiger partial charge in [-0.15, -0.1) is 0 Å². The Morgan fingerprint density at radius 1 is 1.04 bits per heavy atom. The summed E-state index contributed by atoms with van der Waals surface area (Å²) in [7, 11) is 0. The Bertz CT molecular complexity index is 1210. The average molecular weight is 711 g/mol. The number of hydrogen-bond acceptors (Lipinski definition) is 6. The largest absolute Gasteiger partial charge is 0.457 e. The molecule has 3 aliphatic heterocycles. The number of cyclic esters (lactones) is 1. The highest BCUT2D eigenvalue weighted by molar-refractivity contribution is 5.70. The van der Waals surface area contributed by atoms with Gasteiger partial charge in [0.15, 0.2) is 0 Å². The Morgan fingerprint density at radius 2 is 1.71 bits per heavy atom. The van der Waals surface area contributed by atoms with Crippen LogP contribution in [0.5, 0.6) is 0 Å². The molecule has 1 amide bonds. The molecule has 0 aromatic rings. The quantitative estimate of drug-likeness (QED) is 0.0739. The molecule has 0 radical (unpaired) electrons. The van der Waals surface area contributed by atoms with Crippen LogP contribution in [0.4, 0.5) is 4.79 Å². The van der Waals surface area contributed by atoms with Crippen molar-refractivity contribution in [2.75, 3.05) is 26.2 Å². The number of carbonyl (C=O) groups is 2. The molecular weight excluding hydrogens is 636 g/mol. The van der Waals surface area contributed by atoms with E-state index in [4.69, 9.17) is 14.2 Å². The highest BCUT2D eigenvalue weighted by Crippen LogP contribution is 2.42. The van der Waals surface area contributed by atoms with Crippen LogP contribution in [0.25, 0.3) is 0 Å². The van der Waals surface area contributed by atoms with E-state index >= 15 is 0 Å². The number of epoxide rings is 1. The summed E-state index contributed by atoms with van der Waals surface area (Å²) in [6, 6.07) is 0.664. The number of ether oxygens (including phenoxy) is 3. The van der Waals surface area contributed by atoms with E-state index in [1.54, 1.807) is 0 Å². The Hall–Kier alpha value is -2.12. The summed E-state index contributed by atoms with van der Waals surface area (Å²) in [4.78, 5) is 31.4. The van der Waals surface area contributed by atoms with Crippen molar-refractivity contribution in [3.8, 4) is 0 Å². The van der Waals surface area contributed by atoms with Gasteiger partial charge in [-0.05, 0) is 73.8 Å². The fourth-order valence-electron chi connectivity index (χ4n) is 8.48. The van der Waals surface area contributed by atoms with Gasteiger partial charge in [-0.25, -0.2) is 4.79 Å². The predicted molar refractivity (Wildman–Crippen MR) is 208 cm³/mol. The smallest absolute Gasteiger partial charge is 0.410 e. The third-order valence-corrected chi connectivity index (χ3v) is 12.8. The van der Waals surface area contributed by atoms with Crippen LogP contribution in [0.15, 0.2) is 36.0 Å². The van der Waals surface area contributed by atoms with Crippen LogP contribution in [0.2, 0.25) is 0 Å². The van der Waals surface area contributed by atoms with E-state index in [9.17, 15) is 9.59 Å². The fraction of sp³-hybridized carbons (Fsp3) is 0.818. The van der Waals surface area contributed by atoms with E-state index in [0.717, 1.165) is 51.0 Å². The molecule has 7 heteroatoms. The molecule has 3 heterocycles. The van der Waals surface area contributed by atoms with E-state index in [-0.39, 0.29) is 40.8 Å². The van der Waals surface area contributed by atoms with Gasteiger partial charge < -0.3 is 19.1 Å². The van der Waals surface area contributed by atoms with Gasteiger partial charge in [-0.1, -0.05) is 119 Å². The third-order valence-electron chi connectivity index (χ3n) is 12.8. The first-order valence-corrected chi connectivity index (χ1v) is 20.7. The Labute approximate surface area is 312 Å². The Morgan fingerprint density at radius 3 is 2.35 bits per heavy atom. The predicted octanol–water partition coefficient (Wildman–Crippen LogP) is 10.2. The van der Waals surface area contributed by atoms with Crippen molar-refractivity contribution >= 4 is 12.1 Å². The highest BCUT2D eigenvalue weighted by atomic mass is 16.6. The molecule has 1 aliphatic carbocycles. The minimum atomic E-state index is -0.405. The normalized spacial score (nSPS) is 32.6. The van der Waals surface area contributed by atoms with Crippen LogP contribution in [0.3, 0.4) is 0 Å². The van der Waals surface area contributed by atoms with Crippen LogP contribution < -0.4 is 0 Å². The first kappa shape index (κ1) is 41.6. The van der Waals surface area contributed by atoms with E-state index in [0.29, 0.717) is 36.5 Å². The van der Waals surface area contributed by atoms with Gasteiger partial charge in [-0.3, -0.25) is 9.69 Å². The summed E-state index contributed by atoms with van der Waals surface area (Å²) in [6.07, 6.45) is 22.5. The topological polar surface area (TPSA) is 71.6 Å². The maximum Gasteiger partial charge on any atom is 0.410 e. The van der Waals surface area contributed by atoms with E-state index < -0.39 is 6.10 Å². The monoisotopic (exact) mass is 711 g/mol. The van der Waals surface area contributed by atoms with Crippen molar-refractivity contribution in [3.05, 3.63) is 36.0 Å². The number of carbonyl (C=O) groups excluding carboxylic acids is 2. The van der Waals surface area contributed by atoms with Crippen LogP contribution in [0.1, 0.15) is 140 Å². The van der Waals surface area contributed by atoms with Gasteiger partial charge in [-0.2, -0.15) is 0 Å². The number of allylic oxidation sites excluding steroid dienone is 3. The van der Waals surface area contributed by atoms with Gasteiger partial charge in [0.1, 0.15) is 12.2 Å². The van der Waals surface area contributed by atoms with Gasteiger partial charge >= 0.3 is 12.1 Å². The number of esters is 1. The molecule has 8 unspecified atom stereocenters. The lowest BCUT2D eigenvalue weighted by Crippen LogP contribution is -2.52. The summed E-state index contributed by atoms with van der Waals surface area (Å²) < 4.78 is 18.7. The number of rotatable bonds is 10. The summed E-state index contributed by atoms with van der Waals surface area (Å²) in [5, 5.41) is 0. The van der Waals surface area contributed by atoms with Crippen molar-refractivity contribution in [1.82, 2.24) is 9.80 Å². The van der Waals surface area contributed by atoms with Gasteiger partial charge in [0.05, 0.1) is 12.2 Å². The van der Waals surface area contributed by atoms with E-state index in [1.807, 2.05) is 4.90 Å². The third kappa shape index (κ3) is 12.5. The zero-order valence-electron chi connectivity index (χ0n) is 34.1. The lowest BCUT2D eigenvalue weighted by atomic mass is 9.78. The molecule has 51 heavy (non-hydrogen) atoms. The van der Waals surface area contributed by atoms with Crippen LogP contribution in [-0.4, -0.2) is 78.5 Å². The van der Waals surface area contributed by atoms with Crippen molar-refractivity contribution in [2.45, 2.75) is 170 Å². The maximum atomic E-state index is 13.7. The molecule has 0 aromatic carbocycles. The first-order chi connectivity index (χ1) is 24.1. The van der Waals surface area contributed by atoms with Crippen molar-refractivity contribution in [2.24, 2.45) is 34.5 Å².